The summed E-state index contributed by atoms with van der Waals surface area (Å²) in [4.78, 5) is 13.5. The van der Waals surface area contributed by atoms with Gasteiger partial charge in [0.25, 0.3) is 0 Å². The van der Waals surface area contributed by atoms with E-state index in [4.69, 9.17) is 5.73 Å². The van der Waals surface area contributed by atoms with Crippen molar-refractivity contribution in [1.82, 2.24) is 5.32 Å². The summed E-state index contributed by atoms with van der Waals surface area (Å²) >= 11 is 0. The number of benzene rings is 1. The number of rotatable bonds is 8. The van der Waals surface area contributed by atoms with Crippen LogP contribution in [0.1, 0.15) is 26.2 Å². The third kappa shape index (κ3) is 4.20. The number of anilines is 1. The molecule has 1 aromatic carbocycles. The second-order valence-corrected chi connectivity index (χ2v) is 5.24. The average molecular weight is 279 g/mol. The monoisotopic (exact) mass is 279 g/mol. The molecule has 1 aliphatic carbocycles. The molecule has 0 saturated heterocycles. The molecule has 1 aliphatic rings. The van der Waals surface area contributed by atoms with Crippen molar-refractivity contribution >= 4 is 11.6 Å². The summed E-state index contributed by atoms with van der Waals surface area (Å²) in [5, 5.41) is 3.26. The van der Waals surface area contributed by atoms with Gasteiger partial charge in [0.2, 0.25) is 5.91 Å². The lowest BCUT2D eigenvalue weighted by atomic mass is 10.1. The lowest BCUT2D eigenvalue weighted by Crippen LogP contribution is -2.44. The van der Waals surface area contributed by atoms with E-state index in [1.165, 1.54) is 12.1 Å². The van der Waals surface area contributed by atoms with Crippen molar-refractivity contribution in [3.8, 4) is 0 Å². The molecular formula is C15H22FN3O. The van der Waals surface area contributed by atoms with Gasteiger partial charge in [0, 0.05) is 24.8 Å². The topological polar surface area (TPSA) is 58.4 Å². The Hall–Kier alpha value is -1.62. The molecule has 1 unspecified atom stereocenters. The third-order valence-electron chi connectivity index (χ3n) is 3.60. The molecule has 4 nitrogen and oxygen atoms in total. The number of amides is 1. The Kier molecular flexibility index (Phi) is 4.95. The molecular weight excluding hydrogens is 257 g/mol. The Labute approximate surface area is 119 Å². The van der Waals surface area contributed by atoms with Crippen LogP contribution in [0.2, 0.25) is 0 Å². The van der Waals surface area contributed by atoms with Gasteiger partial charge in [-0.1, -0.05) is 6.07 Å². The van der Waals surface area contributed by atoms with Gasteiger partial charge in [0.15, 0.2) is 0 Å². The summed E-state index contributed by atoms with van der Waals surface area (Å²) in [6.07, 6.45) is 2.87. The molecule has 3 N–H and O–H groups in total. The predicted molar refractivity (Wildman–Crippen MR) is 78.0 cm³/mol. The highest BCUT2D eigenvalue weighted by molar-refractivity contribution is 5.80. The smallest absolute Gasteiger partial charge is 0.234 e. The van der Waals surface area contributed by atoms with Gasteiger partial charge in [-0.05, 0) is 44.4 Å². The minimum Gasteiger partial charge on any atom is -0.372 e. The van der Waals surface area contributed by atoms with Crippen LogP contribution in [0, 0.1) is 5.82 Å². The third-order valence-corrected chi connectivity index (χ3v) is 3.60. The SMILES string of the molecule is CCN(CCC(NC1CC1)C(N)=O)c1cccc(F)c1. The van der Waals surface area contributed by atoms with Crippen LogP contribution >= 0.6 is 0 Å². The Morgan fingerprint density at radius 3 is 2.85 bits per heavy atom. The van der Waals surface area contributed by atoms with Crippen molar-refractivity contribution in [2.75, 3.05) is 18.0 Å². The van der Waals surface area contributed by atoms with Gasteiger partial charge in [-0.2, -0.15) is 0 Å². The maximum absolute atomic E-state index is 13.3. The molecule has 20 heavy (non-hydrogen) atoms. The minimum atomic E-state index is -0.313. The second kappa shape index (κ2) is 6.70. The maximum atomic E-state index is 13.3. The van der Waals surface area contributed by atoms with Gasteiger partial charge in [-0.15, -0.1) is 0 Å². The summed E-state index contributed by atoms with van der Waals surface area (Å²) in [5.41, 5.74) is 6.26. The van der Waals surface area contributed by atoms with Crippen LogP contribution in [-0.4, -0.2) is 31.1 Å². The van der Waals surface area contributed by atoms with Crippen LogP contribution in [0.4, 0.5) is 10.1 Å². The Bertz CT molecular complexity index is 462. The van der Waals surface area contributed by atoms with Crippen molar-refractivity contribution in [2.24, 2.45) is 5.73 Å². The van der Waals surface area contributed by atoms with Gasteiger partial charge in [0.05, 0.1) is 6.04 Å². The zero-order valence-electron chi connectivity index (χ0n) is 11.8. The number of hydrogen-bond donors (Lipinski definition) is 2. The molecule has 1 fully saturated rings. The zero-order valence-corrected chi connectivity index (χ0v) is 11.8. The number of nitrogens with two attached hydrogens (primary N) is 1. The molecule has 1 amide bonds. The van der Waals surface area contributed by atoms with Crippen molar-refractivity contribution in [1.29, 1.82) is 0 Å². The highest BCUT2D eigenvalue weighted by atomic mass is 19.1. The van der Waals surface area contributed by atoms with E-state index in [2.05, 4.69) is 5.32 Å². The van der Waals surface area contributed by atoms with E-state index in [1.54, 1.807) is 6.07 Å². The first kappa shape index (κ1) is 14.8. The fraction of sp³-hybridized carbons (Fsp3) is 0.533. The normalized spacial score (nSPS) is 15.9. The van der Waals surface area contributed by atoms with Crippen molar-refractivity contribution in [2.45, 2.75) is 38.3 Å². The van der Waals surface area contributed by atoms with E-state index in [0.717, 1.165) is 25.1 Å². The van der Waals surface area contributed by atoms with Gasteiger partial charge < -0.3 is 16.0 Å². The molecule has 0 aliphatic heterocycles. The van der Waals surface area contributed by atoms with E-state index in [1.807, 2.05) is 17.9 Å². The highest BCUT2D eigenvalue weighted by Gasteiger charge is 2.27. The number of nitrogens with one attached hydrogen (secondary N) is 1. The summed E-state index contributed by atoms with van der Waals surface area (Å²) in [6, 6.07) is 6.65. The number of carbonyl (C=O) groups is 1. The highest BCUT2D eigenvalue weighted by Crippen LogP contribution is 2.20. The van der Waals surface area contributed by atoms with E-state index in [-0.39, 0.29) is 17.8 Å². The van der Waals surface area contributed by atoms with E-state index < -0.39 is 0 Å². The van der Waals surface area contributed by atoms with Gasteiger partial charge in [-0.25, -0.2) is 4.39 Å². The Balaban J connectivity index is 1.93. The molecule has 0 heterocycles. The number of primary amides is 1. The molecule has 0 bridgehead atoms. The van der Waals surface area contributed by atoms with E-state index >= 15 is 0 Å². The summed E-state index contributed by atoms with van der Waals surface area (Å²) < 4.78 is 13.3. The lowest BCUT2D eigenvalue weighted by molar-refractivity contribution is -0.120. The van der Waals surface area contributed by atoms with Crippen LogP contribution in [0.15, 0.2) is 24.3 Å². The predicted octanol–water partition coefficient (Wildman–Crippen LogP) is 1.65. The van der Waals surface area contributed by atoms with Crippen molar-refractivity contribution < 1.29 is 9.18 Å². The molecule has 1 aromatic rings. The number of carbonyl (C=O) groups excluding carboxylic acids is 1. The number of hydrogen-bond acceptors (Lipinski definition) is 3. The number of nitrogens with zero attached hydrogens (tertiary/aromatic N) is 1. The Morgan fingerprint density at radius 2 is 2.30 bits per heavy atom. The van der Waals surface area contributed by atoms with Crippen LogP contribution in [-0.2, 0) is 4.79 Å². The number of halogens is 1. The van der Waals surface area contributed by atoms with Crippen LogP contribution in [0.5, 0.6) is 0 Å². The molecule has 5 heteroatoms. The second-order valence-electron chi connectivity index (χ2n) is 5.24. The molecule has 0 aromatic heterocycles. The zero-order chi connectivity index (χ0) is 14.5. The largest absolute Gasteiger partial charge is 0.372 e. The van der Waals surface area contributed by atoms with Crippen LogP contribution in [0.3, 0.4) is 0 Å². The summed E-state index contributed by atoms with van der Waals surface area (Å²) in [5.74, 6) is -0.560. The fourth-order valence-corrected chi connectivity index (χ4v) is 2.27. The average Bonchev–Trinajstić information content (AvgIpc) is 3.22. The fourth-order valence-electron chi connectivity index (χ4n) is 2.27. The van der Waals surface area contributed by atoms with Gasteiger partial charge in [0.1, 0.15) is 5.82 Å². The van der Waals surface area contributed by atoms with Crippen LogP contribution in [0.25, 0.3) is 0 Å². The van der Waals surface area contributed by atoms with Crippen LogP contribution < -0.4 is 16.0 Å². The quantitative estimate of drug-likeness (QED) is 0.760. The molecule has 1 atom stereocenters. The summed E-state index contributed by atoms with van der Waals surface area (Å²) in [7, 11) is 0. The lowest BCUT2D eigenvalue weighted by Gasteiger charge is -2.25. The van der Waals surface area contributed by atoms with Crippen molar-refractivity contribution in [3.05, 3.63) is 30.1 Å². The maximum Gasteiger partial charge on any atom is 0.234 e. The molecule has 1 saturated carbocycles. The van der Waals surface area contributed by atoms with Gasteiger partial charge >= 0.3 is 0 Å². The van der Waals surface area contributed by atoms with E-state index in [9.17, 15) is 9.18 Å². The summed E-state index contributed by atoms with van der Waals surface area (Å²) in [6.45, 7) is 3.45. The minimum absolute atomic E-state index is 0.247. The van der Waals surface area contributed by atoms with Gasteiger partial charge in [-0.3, -0.25) is 4.79 Å². The molecule has 2 rings (SSSR count). The molecule has 110 valence electrons. The first-order valence-corrected chi connectivity index (χ1v) is 7.16. The molecule has 0 radical (unpaired) electrons. The van der Waals surface area contributed by atoms with E-state index in [0.29, 0.717) is 19.0 Å². The first-order valence-electron chi connectivity index (χ1n) is 7.16. The first-order chi connectivity index (χ1) is 9.60. The molecule has 0 spiro atoms. The van der Waals surface area contributed by atoms with Crippen molar-refractivity contribution in [3.63, 3.8) is 0 Å². The standard InChI is InChI=1S/C15H22FN3O/c1-2-19(13-5-3-4-11(16)10-13)9-8-14(15(17)20)18-12-6-7-12/h3-5,10,12,14,18H,2,6-9H2,1H3,(H2,17,20). The Morgan fingerprint density at radius 1 is 1.55 bits per heavy atom.